The van der Waals surface area contributed by atoms with Crippen molar-refractivity contribution in [3.05, 3.63) is 112 Å². The molecule has 2 unspecified atom stereocenters. The van der Waals surface area contributed by atoms with Gasteiger partial charge in [-0.05, 0) is 49.1 Å². The van der Waals surface area contributed by atoms with Crippen LogP contribution in [-0.2, 0) is 16.0 Å². The minimum Gasteiger partial charge on any atom is -0.342 e. The van der Waals surface area contributed by atoms with Crippen LogP contribution in [0, 0.1) is 11.6 Å². The van der Waals surface area contributed by atoms with E-state index in [1.807, 2.05) is 55.1 Å². The van der Waals surface area contributed by atoms with E-state index in [0.29, 0.717) is 18.1 Å². The minimum atomic E-state index is -0.971. The van der Waals surface area contributed by atoms with Crippen molar-refractivity contribution in [2.75, 3.05) is 39.3 Å². The molecule has 0 aliphatic carbocycles. The number of aromatic nitrogens is 1. The monoisotopic (exact) mass is 647 g/mol. The second-order valence-corrected chi connectivity index (χ2v) is 11.6. The zero-order chi connectivity index (χ0) is 32.8. The number of piperazine rings is 1. The summed E-state index contributed by atoms with van der Waals surface area (Å²) in [6.07, 6.45) is 1.85. The molecule has 2 heterocycles. The quantitative estimate of drug-likeness (QED) is 0.254. The van der Waals surface area contributed by atoms with E-state index in [-0.39, 0.29) is 55.7 Å². The number of benzene rings is 3. The summed E-state index contributed by atoms with van der Waals surface area (Å²) >= 11 is 6.08. The predicted molar refractivity (Wildman–Crippen MR) is 173 cm³/mol. The van der Waals surface area contributed by atoms with Gasteiger partial charge in [0.05, 0.1) is 0 Å². The number of carbonyl (C=O) groups is 3. The number of nitrogens with one attached hydrogen (secondary N) is 1. The fraction of sp³-hybridized carbons (Fsp3) is 0.314. The zero-order valence-electron chi connectivity index (χ0n) is 25.8. The summed E-state index contributed by atoms with van der Waals surface area (Å²) in [7, 11) is 0. The largest absolute Gasteiger partial charge is 0.342 e. The van der Waals surface area contributed by atoms with E-state index < -0.39 is 29.6 Å². The lowest BCUT2D eigenvalue weighted by Gasteiger charge is -2.41. The van der Waals surface area contributed by atoms with Gasteiger partial charge < -0.3 is 15.1 Å². The van der Waals surface area contributed by atoms with Crippen LogP contribution in [0.5, 0.6) is 0 Å². The molecule has 240 valence electrons. The van der Waals surface area contributed by atoms with E-state index in [1.54, 1.807) is 34.2 Å². The van der Waals surface area contributed by atoms with Crippen LogP contribution in [-0.4, -0.2) is 82.7 Å². The topological polar surface area (TPSA) is 85.9 Å². The van der Waals surface area contributed by atoms with Gasteiger partial charge in [-0.25, -0.2) is 8.78 Å². The van der Waals surface area contributed by atoms with Crippen LogP contribution in [0.15, 0.2) is 79.0 Å². The number of hydrogen-bond donors (Lipinski definition) is 1. The number of hydrogen-bond acceptors (Lipinski definition) is 5. The van der Waals surface area contributed by atoms with Crippen LogP contribution in [0.4, 0.5) is 8.78 Å². The number of amides is 3. The van der Waals surface area contributed by atoms with Gasteiger partial charge in [0.25, 0.3) is 5.91 Å². The first-order chi connectivity index (χ1) is 22.2. The molecule has 0 saturated carbocycles. The van der Waals surface area contributed by atoms with Crippen molar-refractivity contribution < 1.29 is 23.2 Å². The molecule has 4 aromatic rings. The van der Waals surface area contributed by atoms with E-state index in [9.17, 15) is 18.8 Å². The molecule has 1 aliphatic heterocycles. The molecule has 1 aliphatic rings. The summed E-state index contributed by atoms with van der Waals surface area (Å²) in [5, 5.41) is 5.19. The Hall–Kier alpha value is -4.41. The lowest BCUT2D eigenvalue weighted by Crippen LogP contribution is -2.57. The Balaban J connectivity index is 1.35. The van der Waals surface area contributed by atoms with Gasteiger partial charge >= 0.3 is 0 Å². The maximum Gasteiger partial charge on any atom is 0.270 e. The van der Waals surface area contributed by atoms with Crippen molar-refractivity contribution in [2.45, 2.75) is 32.4 Å². The molecular weight excluding hydrogens is 612 g/mol. The Kier molecular flexibility index (Phi) is 10.6. The predicted octanol–water partition coefficient (Wildman–Crippen LogP) is 5.26. The van der Waals surface area contributed by atoms with E-state index in [4.69, 9.17) is 11.6 Å². The van der Waals surface area contributed by atoms with Crippen molar-refractivity contribution in [1.82, 2.24) is 25.0 Å². The fourth-order valence-corrected chi connectivity index (χ4v) is 5.96. The minimum absolute atomic E-state index is 0.0915. The fourth-order valence-electron chi connectivity index (χ4n) is 5.83. The van der Waals surface area contributed by atoms with Gasteiger partial charge in [-0.3, -0.25) is 24.3 Å². The third-order valence-electron chi connectivity index (χ3n) is 8.38. The summed E-state index contributed by atoms with van der Waals surface area (Å²) < 4.78 is 28.8. The highest BCUT2D eigenvalue weighted by atomic mass is 35.5. The molecule has 0 spiro atoms. The van der Waals surface area contributed by atoms with Gasteiger partial charge in [0.15, 0.2) is 0 Å². The molecule has 1 saturated heterocycles. The number of pyridine rings is 1. The number of halogens is 3. The zero-order valence-corrected chi connectivity index (χ0v) is 26.5. The maximum absolute atomic E-state index is 15.0. The third kappa shape index (κ3) is 7.51. The van der Waals surface area contributed by atoms with Crippen molar-refractivity contribution in [1.29, 1.82) is 0 Å². The van der Waals surface area contributed by atoms with Crippen LogP contribution in [0.3, 0.4) is 0 Å². The molecule has 46 heavy (non-hydrogen) atoms. The lowest BCUT2D eigenvalue weighted by molar-refractivity contribution is -0.140. The highest BCUT2D eigenvalue weighted by Crippen LogP contribution is 2.28. The van der Waals surface area contributed by atoms with Crippen molar-refractivity contribution in [3.63, 3.8) is 0 Å². The van der Waals surface area contributed by atoms with E-state index in [0.717, 1.165) is 28.5 Å². The number of rotatable bonds is 10. The molecule has 3 amide bonds. The van der Waals surface area contributed by atoms with Crippen LogP contribution >= 0.6 is 11.6 Å². The Labute approximate surface area is 271 Å². The van der Waals surface area contributed by atoms with E-state index >= 15 is 4.39 Å². The third-order valence-corrected chi connectivity index (χ3v) is 8.63. The summed E-state index contributed by atoms with van der Waals surface area (Å²) in [6, 6.07) is 17.7. The first kappa shape index (κ1) is 33.0. The SMILES string of the molecule is CCN(CC)C(=O)C(c1ccc(F)cc1F)N1CCN(C(=O)C(Cc2ccc(Cl)cc2)NC(=O)c2cc3ccccc3cn2)CC1. The highest BCUT2D eigenvalue weighted by molar-refractivity contribution is 6.30. The summed E-state index contributed by atoms with van der Waals surface area (Å²) in [5.74, 6) is -2.57. The smallest absolute Gasteiger partial charge is 0.270 e. The maximum atomic E-state index is 15.0. The first-order valence-corrected chi connectivity index (χ1v) is 15.7. The molecule has 1 aromatic heterocycles. The van der Waals surface area contributed by atoms with Crippen LogP contribution in [0.2, 0.25) is 5.02 Å². The number of fused-ring (bicyclic) bond motifs is 1. The molecule has 0 bridgehead atoms. The van der Waals surface area contributed by atoms with Gasteiger partial charge in [-0.2, -0.15) is 0 Å². The molecule has 1 N–H and O–H groups in total. The molecule has 8 nitrogen and oxygen atoms in total. The molecule has 0 radical (unpaired) electrons. The van der Waals surface area contributed by atoms with Crippen molar-refractivity contribution in [3.8, 4) is 0 Å². The normalized spacial score (nSPS) is 14.9. The molecule has 1 fully saturated rings. The highest BCUT2D eigenvalue weighted by Gasteiger charge is 2.37. The second-order valence-electron chi connectivity index (χ2n) is 11.2. The van der Waals surface area contributed by atoms with E-state index in [2.05, 4.69) is 10.3 Å². The van der Waals surface area contributed by atoms with E-state index in [1.165, 1.54) is 6.07 Å². The van der Waals surface area contributed by atoms with Crippen LogP contribution < -0.4 is 5.32 Å². The van der Waals surface area contributed by atoms with Gasteiger partial charge in [0, 0.05) is 73.9 Å². The molecule has 11 heteroatoms. The lowest BCUT2D eigenvalue weighted by atomic mass is 10.0. The van der Waals surface area contributed by atoms with Gasteiger partial charge in [0.2, 0.25) is 11.8 Å². The Morgan fingerprint density at radius 1 is 0.913 bits per heavy atom. The standard InChI is InChI=1S/C35H36ClF2N5O3/c1-3-41(4-2)35(46)32(28-14-13-27(37)21-29(28)38)42-15-17-43(18-16-42)34(45)31(19-23-9-11-26(36)12-10-23)40-33(44)30-20-24-7-5-6-8-25(24)22-39-30/h5-14,20-22,31-32H,3-4,15-19H2,1-2H3,(H,40,44). The Morgan fingerprint density at radius 3 is 2.24 bits per heavy atom. The summed E-state index contributed by atoms with van der Waals surface area (Å²) in [6.45, 7) is 5.59. The molecule has 2 atom stereocenters. The van der Waals surface area contributed by atoms with Crippen LogP contribution in [0.25, 0.3) is 10.8 Å². The molecule has 5 rings (SSSR count). The number of nitrogens with zero attached hydrogens (tertiary/aromatic N) is 4. The number of carbonyl (C=O) groups excluding carboxylic acids is 3. The van der Waals surface area contributed by atoms with Crippen LogP contribution in [0.1, 0.15) is 41.5 Å². The second kappa shape index (κ2) is 14.8. The van der Waals surface area contributed by atoms with Crippen molar-refractivity contribution in [2.24, 2.45) is 0 Å². The summed E-state index contributed by atoms with van der Waals surface area (Å²) in [4.78, 5) is 50.4. The Morgan fingerprint density at radius 2 is 1.59 bits per heavy atom. The summed E-state index contributed by atoms with van der Waals surface area (Å²) in [5.41, 5.74) is 1.09. The van der Waals surface area contributed by atoms with Gasteiger partial charge in [-0.15, -0.1) is 0 Å². The average Bonchev–Trinajstić information content (AvgIpc) is 3.07. The van der Waals surface area contributed by atoms with Gasteiger partial charge in [-0.1, -0.05) is 54.1 Å². The molecular formula is C35H36ClF2N5O3. The average molecular weight is 648 g/mol. The first-order valence-electron chi connectivity index (χ1n) is 15.3. The molecule has 3 aromatic carbocycles. The number of likely N-dealkylation sites (N-methyl/N-ethyl adjacent to an activating group) is 1. The van der Waals surface area contributed by atoms with Gasteiger partial charge in [0.1, 0.15) is 29.4 Å². The van der Waals surface area contributed by atoms with Crippen molar-refractivity contribution >= 4 is 40.1 Å². The Bertz CT molecular complexity index is 1710.